The highest BCUT2D eigenvalue weighted by Crippen LogP contribution is 2.28. The minimum absolute atomic E-state index is 0.637. The van der Waals surface area contributed by atoms with E-state index in [4.69, 9.17) is 9.47 Å². The molecule has 0 aliphatic heterocycles. The van der Waals surface area contributed by atoms with Crippen LogP contribution in [-0.2, 0) is 6.42 Å². The molecule has 0 amide bonds. The molecule has 0 radical (unpaired) electrons. The van der Waals surface area contributed by atoms with Crippen LogP contribution < -0.4 is 20.1 Å². The number of hydrogen-bond acceptors (Lipinski definition) is 4. The Morgan fingerprint density at radius 2 is 2.04 bits per heavy atom. The Bertz CT molecular complexity index is 495. The summed E-state index contributed by atoms with van der Waals surface area (Å²) in [5.74, 6) is 3.58. The van der Waals surface area contributed by atoms with Gasteiger partial charge in [0.05, 0.1) is 13.7 Å². The fraction of sp³-hybridized carbons (Fsp3) is 0.611. The van der Waals surface area contributed by atoms with Gasteiger partial charge in [-0.25, -0.2) is 0 Å². The summed E-state index contributed by atoms with van der Waals surface area (Å²) >= 11 is 1.83. The van der Waals surface area contributed by atoms with Gasteiger partial charge in [0.2, 0.25) is 0 Å². The van der Waals surface area contributed by atoms with Gasteiger partial charge in [-0.2, -0.15) is 11.8 Å². The molecule has 0 aliphatic rings. The molecule has 5 nitrogen and oxygen atoms in total. The van der Waals surface area contributed by atoms with Gasteiger partial charge >= 0.3 is 0 Å². The molecule has 0 atom stereocenters. The summed E-state index contributed by atoms with van der Waals surface area (Å²) in [6, 6.07) is 6.12. The molecule has 0 unspecified atom stereocenters. The number of aryl methyl sites for hydroxylation is 1. The molecule has 0 spiro atoms. The number of benzene rings is 1. The number of nitrogens with one attached hydrogen (secondary N) is 2. The normalized spacial score (nSPS) is 11.2. The number of hydrogen-bond donors (Lipinski definition) is 2. The number of ether oxygens (including phenoxy) is 2. The summed E-state index contributed by atoms with van der Waals surface area (Å²) < 4.78 is 10.9. The SMILES string of the molecule is CCNC(=NCCCc1ccc(OC)c(OCC)c1)NCCSC. The van der Waals surface area contributed by atoms with Crippen molar-refractivity contribution in [2.24, 2.45) is 4.99 Å². The van der Waals surface area contributed by atoms with E-state index in [2.05, 4.69) is 40.9 Å². The Hall–Kier alpha value is -1.56. The highest BCUT2D eigenvalue weighted by Gasteiger charge is 2.05. The van der Waals surface area contributed by atoms with Gasteiger partial charge in [0, 0.05) is 25.4 Å². The highest BCUT2D eigenvalue weighted by molar-refractivity contribution is 7.98. The van der Waals surface area contributed by atoms with Crippen molar-refractivity contribution in [3.05, 3.63) is 23.8 Å². The second kappa shape index (κ2) is 12.8. The van der Waals surface area contributed by atoms with E-state index in [0.717, 1.165) is 55.7 Å². The Labute approximate surface area is 150 Å². The lowest BCUT2D eigenvalue weighted by Crippen LogP contribution is -2.38. The number of nitrogens with zero attached hydrogens (tertiary/aromatic N) is 1. The maximum atomic E-state index is 5.63. The van der Waals surface area contributed by atoms with Crippen molar-refractivity contribution in [1.82, 2.24) is 10.6 Å². The van der Waals surface area contributed by atoms with E-state index in [-0.39, 0.29) is 0 Å². The molecule has 0 saturated carbocycles. The maximum Gasteiger partial charge on any atom is 0.191 e. The smallest absolute Gasteiger partial charge is 0.191 e. The molecular weight excluding hydrogens is 322 g/mol. The third-order valence-electron chi connectivity index (χ3n) is 3.36. The van der Waals surface area contributed by atoms with Crippen molar-refractivity contribution >= 4 is 17.7 Å². The van der Waals surface area contributed by atoms with Crippen molar-refractivity contribution in [2.75, 3.05) is 45.4 Å². The fourth-order valence-corrected chi connectivity index (χ4v) is 2.54. The first-order chi connectivity index (χ1) is 11.7. The van der Waals surface area contributed by atoms with Gasteiger partial charge in [0.25, 0.3) is 0 Å². The topological polar surface area (TPSA) is 54.9 Å². The number of thioether (sulfide) groups is 1. The Balaban J connectivity index is 2.49. The zero-order chi connectivity index (χ0) is 17.6. The predicted octanol–water partition coefficient (Wildman–Crippen LogP) is 2.94. The van der Waals surface area contributed by atoms with E-state index < -0.39 is 0 Å². The predicted molar refractivity (Wildman–Crippen MR) is 105 cm³/mol. The quantitative estimate of drug-likeness (QED) is 0.364. The Morgan fingerprint density at radius 3 is 2.71 bits per heavy atom. The van der Waals surface area contributed by atoms with Crippen LogP contribution in [0.3, 0.4) is 0 Å². The number of rotatable bonds is 11. The van der Waals surface area contributed by atoms with Gasteiger partial charge in [0.1, 0.15) is 0 Å². The molecule has 0 saturated heterocycles. The molecule has 0 aliphatic carbocycles. The molecule has 1 aromatic carbocycles. The van der Waals surface area contributed by atoms with Crippen molar-refractivity contribution in [3.8, 4) is 11.5 Å². The summed E-state index contributed by atoms with van der Waals surface area (Å²) in [7, 11) is 1.67. The number of methoxy groups -OCH3 is 1. The van der Waals surface area contributed by atoms with Gasteiger partial charge in [-0.05, 0) is 50.6 Å². The summed E-state index contributed by atoms with van der Waals surface area (Å²) in [4.78, 5) is 4.62. The maximum absolute atomic E-state index is 5.63. The molecule has 0 aromatic heterocycles. The first kappa shape index (κ1) is 20.5. The molecule has 136 valence electrons. The first-order valence-corrected chi connectivity index (χ1v) is 9.95. The largest absolute Gasteiger partial charge is 0.493 e. The second-order valence-corrected chi connectivity index (χ2v) is 6.19. The van der Waals surface area contributed by atoms with Crippen LogP contribution in [0.15, 0.2) is 23.2 Å². The third kappa shape index (κ3) is 7.81. The van der Waals surface area contributed by atoms with Crippen LogP contribution in [0.25, 0.3) is 0 Å². The lowest BCUT2D eigenvalue weighted by atomic mass is 10.1. The van der Waals surface area contributed by atoms with Crippen LogP contribution in [0.5, 0.6) is 11.5 Å². The molecule has 1 aromatic rings. The lowest BCUT2D eigenvalue weighted by Gasteiger charge is -2.12. The van der Waals surface area contributed by atoms with Crippen molar-refractivity contribution < 1.29 is 9.47 Å². The first-order valence-electron chi connectivity index (χ1n) is 8.55. The van der Waals surface area contributed by atoms with Gasteiger partial charge in [-0.1, -0.05) is 6.07 Å². The Morgan fingerprint density at radius 1 is 1.21 bits per heavy atom. The molecule has 24 heavy (non-hydrogen) atoms. The van der Waals surface area contributed by atoms with Crippen LogP contribution >= 0.6 is 11.8 Å². The van der Waals surface area contributed by atoms with Crippen molar-refractivity contribution in [2.45, 2.75) is 26.7 Å². The van der Waals surface area contributed by atoms with Gasteiger partial charge in [-0.15, -0.1) is 0 Å². The number of guanidine groups is 1. The average Bonchev–Trinajstić information content (AvgIpc) is 2.59. The van der Waals surface area contributed by atoms with Crippen LogP contribution in [0.4, 0.5) is 0 Å². The zero-order valence-corrected chi connectivity index (χ0v) is 16.2. The molecular formula is C18H31N3O2S. The minimum Gasteiger partial charge on any atom is -0.493 e. The summed E-state index contributed by atoms with van der Waals surface area (Å²) in [6.07, 6.45) is 4.08. The monoisotopic (exact) mass is 353 g/mol. The van der Waals surface area contributed by atoms with E-state index in [1.54, 1.807) is 7.11 Å². The Kier molecular flexibility index (Phi) is 10.9. The van der Waals surface area contributed by atoms with Crippen LogP contribution in [0.1, 0.15) is 25.8 Å². The molecule has 1 rings (SSSR count). The molecule has 0 bridgehead atoms. The third-order valence-corrected chi connectivity index (χ3v) is 3.98. The van der Waals surface area contributed by atoms with Crippen molar-refractivity contribution in [3.63, 3.8) is 0 Å². The van der Waals surface area contributed by atoms with E-state index in [1.807, 2.05) is 24.8 Å². The van der Waals surface area contributed by atoms with Gasteiger partial charge < -0.3 is 20.1 Å². The summed E-state index contributed by atoms with van der Waals surface area (Å²) in [5.41, 5.74) is 1.25. The minimum atomic E-state index is 0.637. The van der Waals surface area contributed by atoms with E-state index in [9.17, 15) is 0 Å². The standard InChI is InChI=1S/C18H31N3O2S/c1-5-19-18(21-12-13-24-4)20-11-7-8-15-9-10-16(22-3)17(14-15)23-6-2/h9-10,14H,5-8,11-13H2,1-4H3,(H2,19,20,21). The van der Waals surface area contributed by atoms with Gasteiger partial charge in [0.15, 0.2) is 17.5 Å². The van der Waals surface area contributed by atoms with E-state index >= 15 is 0 Å². The van der Waals surface area contributed by atoms with Crippen LogP contribution in [0, 0.1) is 0 Å². The molecule has 0 heterocycles. The van der Waals surface area contributed by atoms with E-state index in [0.29, 0.717) is 6.61 Å². The highest BCUT2D eigenvalue weighted by atomic mass is 32.2. The molecule has 6 heteroatoms. The average molecular weight is 354 g/mol. The van der Waals surface area contributed by atoms with E-state index in [1.165, 1.54) is 5.56 Å². The second-order valence-electron chi connectivity index (χ2n) is 5.20. The van der Waals surface area contributed by atoms with Gasteiger partial charge in [-0.3, -0.25) is 4.99 Å². The van der Waals surface area contributed by atoms with Crippen LogP contribution in [-0.4, -0.2) is 51.3 Å². The fourth-order valence-electron chi connectivity index (χ4n) is 2.23. The van der Waals surface area contributed by atoms with Crippen LogP contribution in [0.2, 0.25) is 0 Å². The number of aliphatic imine (C=N–C) groups is 1. The molecule has 0 fully saturated rings. The van der Waals surface area contributed by atoms with Crippen molar-refractivity contribution in [1.29, 1.82) is 0 Å². The zero-order valence-electron chi connectivity index (χ0n) is 15.4. The molecule has 2 N–H and O–H groups in total. The summed E-state index contributed by atoms with van der Waals surface area (Å²) in [5, 5.41) is 6.62. The lowest BCUT2D eigenvalue weighted by molar-refractivity contribution is 0.310. The summed E-state index contributed by atoms with van der Waals surface area (Å²) in [6.45, 7) is 7.30.